The Morgan fingerprint density at radius 1 is 1.09 bits per heavy atom. The summed E-state index contributed by atoms with van der Waals surface area (Å²) in [6.45, 7) is 0.637. The number of benzene rings is 2. The van der Waals surface area contributed by atoms with Gasteiger partial charge in [0, 0.05) is 30.6 Å². The van der Waals surface area contributed by atoms with Crippen molar-refractivity contribution >= 4 is 17.8 Å². The molecule has 0 radical (unpaired) electrons. The van der Waals surface area contributed by atoms with Crippen LogP contribution in [0.25, 0.3) is 0 Å². The van der Waals surface area contributed by atoms with Crippen molar-refractivity contribution in [3.8, 4) is 0 Å². The van der Waals surface area contributed by atoms with E-state index in [0.29, 0.717) is 31.5 Å². The largest absolute Gasteiger partial charge is 0.493 e. The maximum Gasteiger partial charge on any atom is 0.416 e. The molecule has 35 heavy (non-hydrogen) atoms. The zero-order valence-corrected chi connectivity index (χ0v) is 18.8. The zero-order valence-electron chi connectivity index (χ0n) is 18.8. The van der Waals surface area contributed by atoms with Crippen molar-refractivity contribution in [1.29, 1.82) is 5.41 Å². The van der Waals surface area contributed by atoms with Crippen molar-refractivity contribution in [3.63, 3.8) is 0 Å². The number of carbonyl (C=O) groups is 2. The minimum absolute atomic E-state index is 0.0943. The van der Waals surface area contributed by atoms with Gasteiger partial charge in [0.05, 0.1) is 11.8 Å². The van der Waals surface area contributed by atoms with Gasteiger partial charge >= 0.3 is 6.18 Å². The molecule has 1 saturated heterocycles. The van der Waals surface area contributed by atoms with Gasteiger partial charge in [0.15, 0.2) is 5.96 Å². The molecule has 4 rings (SSSR count). The quantitative estimate of drug-likeness (QED) is 0.442. The van der Waals surface area contributed by atoms with E-state index in [4.69, 9.17) is 15.9 Å². The van der Waals surface area contributed by atoms with E-state index in [1.54, 1.807) is 29.4 Å². The summed E-state index contributed by atoms with van der Waals surface area (Å²) in [4.78, 5) is 26.7. The average molecular weight is 486 g/mol. The predicted molar refractivity (Wildman–Crippen MR) is 123 cm³/mol. The molecule has 7 nitrogen and oxygen atoms in total. The molecule has 2 aromatic carbocycles. The van der Waals surface area contributed by atoms with E-state index in [1.165, 1.54) is 12.1 Å². The second-order valence-corrected chi connectivity index (χ2v) is 8.59. The van der Waals surface area contributed by atoms with E-state index < -0.39 is 29.5 Å². The summed E-state index contributed by atoms with van der Waals surface area (Å²) < 4.78 is 47.0. The summed E-state index contributed by atoms with van der Waals surface area (Å²) in [5.74, 6) is -2.10. The third-order valence-corrected chi connectivity index (χ3v) is 6.29. The van der Waals surface area contributed by atoms with E-state index in [0.717, 1.165) is 18.1 Å². The second kappa shape index (κ2) is 9.81. The van der Waals surface area contributed by atoms with E-state index in [2.05, 4.69) is 0 Å². The van der Waals surface area contributed by atoms with Crippen LogP contribution < -0.4 is 11.1 Å². The van der Waals surface area contributed by atoms with E-state index in [9.17, 15) is 22.8 Å². The van der Waals surface area contributed by atoms with Crippen LogP contribution in [-0.4, -0.2) is 35.8 Å². The van der Waals surface area contributed by atoms with Gasteiger partial charge in [-0.05, 0) is 60.2 Å². The SMILES string of the molecule is N=C(N)NC(=O)c1ccc(C2CCN(C(=O)c3cccc(C4CC=CO4)c3)CC2)c(C(F)(F)F)c1. The zero-order chi connectivity index (χ0) is 25.2. The molecule has 1 fully saturated rings. The van der Waals surface area contributed by atoms with Gasteiger partial charge in [-0.15, -0.1) is 0 Å². The van der Waals surface area contributed by atoms with Crippen molar-refractivity contribution < 1.29 is 27.5 Å². The summed E-state index contributed by atoms with van der Waals surface area (Å²) in [5, 5.41) is 9.10. The number of nitrogens with zero attached hydrogens (tertiary/aromatic N) is 1. The molecule has 0 aliphatic carbocycles. The predicted octanol–water partition coefficient (Wildman–Crippen LogP) is 4.32. The first-order valence-corrected chi connectivity index (χ1v) is 11.2. The third kappa shape index (κ3) is 5.47. The number of hydrogen-bond donors (Lipinski definition) is 3. The number of halogens is 3. The highest BCUT2D eigenvalue weighted by atomic mass is 19.4. The van der Waals surface area contributed by atoms with Crippen LogP contribution in [0.2, 0.25) is 0 Å². The number of nitrogens with one attached hydrogen (secondary N) is 2. The van der Waals surface area contributed by atoms with Crippen molar-refractivity contribution in [2.75, 3.05) is 13.1 Å². The number of carbonyl (C=O) groups excluding carboxylic acids is 2. The minimum Gasteiger partial charge on any atom is -0.493 e. The van der Waals surface area contributed by atoms with Crippen LogP contribution >= 0.6 is 0 Å². The first kappa shape index (κ1) is 24.3. The Kier molecular flexibility index (Phi) is 6.81. The third-order valence-electron chi connectivity index (χ3n) is 6.29. The number of amides is 2. The fraction of sp³-hybridized carbons (Fsp3) is 0.320. The lowest BCUT2D eigenvalue weighted by molar-refractivity contribution is -0.138. The number of guanidine groups is 1. The normalized spacial score (nSPS) is 18.3. The Hall–Kier alpha value is -3.82. The molecule has 4 N–H and O–H groups in total. The molecule has 1 unspecified atom stereocenters. The summed E-state index contributed by atoms with van der Waals surface area (Å²) in [7, 11) is 0. The van der Waals surface area contributed by atoms with Crippen LogP contribution in [0.4, 0.5) is 13.2 Å². The first-order chi connectivity index (χ1) is 16.6. The molecule has 2 heterocycles. The highest BCUT2D eigenvalue weighted by Crippen LogP contribution is 2.39. The van der Waals surface area contributed by atoms with Crippen molar-refractivity contribution in [1.82, 2.24) is 10.2 Å². The van der Waals surface area contributed by atoms with E-state index in [1.807, 2.05) is 17.5 Å². The molecular formula is C25H25F3N4O3. The van der Waals surface area contributed by atoms with Crippen molar-refractivity contribution in [3.05, 3.63) is 82.6 Å². The Morgan fingerprint density at radius 3 is 2.46 bits per heavy atom. The summed E-state index contributed by atoms with van der Waals surface area (Å²) >= 11 is 0. The molecule has 0 saturated carbocycles. The van der Waals surface area contributed by atoms with Crippen LogP contribution in [0.15, 0.2) is 54.8 Å². The standard InChI is InChI=1S/C25H25F3N4O3/c26-25(27,28)20-14-17(22(33)31-24(29)30)6-7-19(20)15-8-10-32(11-9-15)23(34)18-4-1-3-16(13-18)21-5-2-12-35-21/h1-4,6-7,12-15,21H,5,8-11H2,(H4,29,30,31,33). The monoisotopic (exact) mass is 486 g/mol. The Balaban J connectivity index is 1.47. The number of hydrogen-bond acceptors (Lipinski definition) is 4. The molecule has 184 valence electrons. The molecule has 10 heteroatoms. The average Bonchev–Trinajstić information content (AvgIpc) is 3.38. The highest BCUT2D eigenvalue weighted by molar-refractivity contribution is 6.04. The maximum absolute atomic E-state index is 13.8. The van der Waals surface area contributed by atoms with Crippen LogP contribution in [-0.2, 0) is 10.9 Å². The number of nitrogens with two attached hydrogens (primary N) is 1. The van der Waals surface area contributed by atoms with Crippen molar-refractivity contribution in [2.24, 2.45) is 5.73 Å². The Labute approximate surface area is 200 Å². The molecule has 0 bridgehead atoms. The Morgan fingerprint density at radius 2 is 1.83 bits per heavy atom. The van der Waals surface area contributed by atoms with Crippen LogP contribution in [0.5, 0.6) is 0 Å². The van der Waals surface area contributed by atoms with Crippen LogP contribution in [0.3, 0.4) is 0 Å². The first-order valence-electron chi connectivity index (χ1n) is 11.2. The fourth-order valence-electron chi connectivity index (χ4n) is 4.54. The van der Waals surface area contributed by atoms with Gasteiger partial charge in [0.25, 0.3) is 11.8 Å². The molecule has 0 aromatic heterocycles. The van der Waals surface area contributed by atoms with Gasteiger partial charge in [-0.25, -0.2) is 0 Å². The molecule has 2 aliphatic rings. The van der Waals surface area contributed by atoms with Gasteiger partial charge < -0.3 is 15.4 Å². The molecule has 1 atom stereocenters. The number of rotatable bonds is 4. The van der Waals surface area contributed by atoms with E-state index >= 15 is 0 Å². The fourth-order valence-corrected chi connectivity index (χ4v) is 4.54. The lowest BCUT2D eigenvalue weighted by atomic mass is 9.85. The summed E-state index contributed by atoms with van der Waals surface area (Å²) in [6, 6.07) is 10.6. The highest BCUT2D eigenvalue weighted by Gasteiger charge is 2.37. The second-order valence-electron chi connectivity index (χ2n) is 8.59. The molecule has 0 spiro atoms. The molecule has 2 aliphatic heterocycles. The van der Waals surface area contributed by atoms with Crippen molar-refractivity contribution in [2.45, 2.75) is 37.5 Å². The number of alkyl halides is 3. The molecule has 2 aromatic rings. The number of likely N-dealkylation sites (tertiary alicyclic amines) is 1. The van der Waals surface area contributed by atoms with Gasteiger partial charge in [0.2, 0.25) is 0 Å². The Bertz CT molecular complexity index is 1160. The van der Waals surface area contributed by atoms with E-state index in [-0.39, 0.29) is 23.1 Å². The summed E-state index contributed by atoms with van der Waals surface area (Å²) in [5.41, 5.74) is 5.50. The summed E-state index contributed by atoms with van der Waals surface area (Å²) in [6.07, 6.45) is 0.246. The van der Waals surface area contributed by atoms with Gasteiger partial charge in [-0.1, -0.05) is 18.2 Å². The molecule has 2 amide bonds. The van der Waals surface area contributed by atoms with Gasteiger partial charge in [0.1, 0.15) is 6.10 Å². The lowest BCUT2D eigenvalue weighted by Crippen LogP contribution is -2.38. The maximum atomic E-state index is 13.8. The number of piperidine rings is 1. The number of ether oxygens (including phenoxy) is 1. The van der Waals surface area contributed by atoms with Gasteiger partial charge in [-0.3, -0.25) is 20.3 Å². The smallest absolute Gasteiger partial charge is 0.416 e. The van der Waals surface area contributed by atoms with Crippen LogP contribution in [0, 0.1) is 5.41 Å². The molecular weight excluding hydrogens is 461 g/mol. The van der Waals surface area contributed by atoms with Crippen LogP contribution in [0.1, 0.15) is 68.7 Å². The van der Waals surface area contributed by atoms with Gasteiger partial charge in [-0.2, -0.15) is 13.2 Å². The lowest BCUT2D eigenvalue weighted by Gasteiger charge is -2.33. The topological polar surface area (TPSA) is 109 Å². The minimum atomic E-state index is -4.66.